The molecule has 0 saturated carbocycles. The molecule has 0 N–H and O–H groups in total. The normalized spacial score (nSPS) is 11.0. The summed E-state index contributed by atoms with van der Waals surface area (Å²) in [6, 6.07) is 11.5. The number of rotatable bonds is 3. The average Bonchev–Trinajstić information content (AvgIpc) is 2.81. The van der Waals surface area contributed by atoms with Gasteiger partial charge in [0.1, 0.15) is 5.52 Å². The van der Waals surface area contributed by atoms with E-state index in [0.29, 0.717) is 10.0 Å². The average molecular weight is 384 g/mol. The van der Waals surface area contributed by atoms with Crippen LogP contribution in [0.25, 0.3) is 22.0 Å². The third kappa shape index (κ3) is 3.51. The zero-order valence-electron chi connectivity index (χ0n) is 13.5. The van der Waals surface area contributed by atoms with Gasteiger partial charge in [0.2, 0.25) is 0 Å². The van der Waals surface area contributed by atoms with Crippen LogP contribution in [0.5, 0.6) is 0 Å². The van der Waals surface area contributed by atoms with E-state index in [9.17, 15) is 0 Å². The second kappa shape index (κ2) is 7.43. The Kier molecular flexibility index (Phi) is 5.75. The molecule has 0 aliphatic rings. The summed E-state index contributed by atoms with van der Waals surface area (Å²) in [5, 5.41) is 6.82. The van der Waals surface area contributed by atoms with E-state index in [1.807, 2.05) is 56.4 Å². The van der Waals surface area contributed by atoms with Crippen molar-refractivity contribution in [2.75, 3.05) is 14.1 Å². The second-order valence-corrected chi connectivity index (χ2v) is 6.32. The van der Waals surface area contributed by atoms with Crippen molar-refractivity contribution in [1.29, 1.82) is 0 Å². The standard InChI is InChI=1S/C17H16Cl2N4.ClH/c1-22(2)10-20-17-14-6-4-5-13(16(14)21-23(17)3)12-8-7-11(18)9-15(12)19;/h4-10H,1-3H3;1H/b20-10-;. The van der Waals surface area contributed by atoms with Gasteiger partial charge in [-0.25, -0.2) is 9.67 Å². The molecule has 0 aliphatic carbocycles. The topological polar surface area (TPSA) is 33.4 Å². The van der Waals surface area contributed by atoms with Gasteiger partial charge in [0, 0.05) is 47.7 Å². The van der Waals surface area contributed by atoms with Crippen LogP contribution in [0.15, 0.2) is 41.4 Å². The van der Waals surface area contributed by atoms with Gasteiger partial charge < -0.3 is 4.90 Å². The van der Waals surface area contributed by atoms with E-state index in [1.165, 1.54) is 0 Å². The highest BCUT2D eigenvalue weighted by atomic mass is 35.5. The van der Waals surface area contributed by atoms with Crippen LogP contribution in [0.4, 0.5) is 5.82 Å². The molecule has 0 atom stereocenters. The fraction of sp³-hybridized carbons (Fsp3) is 0.176. The number of halogens is 3. The number of hydrogen-bond acceptors (Lipinski definition) is 2. The minimum absolute atomic E-state index is 0. The molecule has 0 saturated heterocycles. The number of hydrogen-bond donors (Lipinski definition) is 0. The first-order valence-electron chi connectivity index (χ1n) is 7.09. The lowest BCUT2D eigenvalue weighted by molar-refractivity contribution is 0.641. The molecule has 0 radical (unpaired) electrons. The Labute approximate surface area is 157 Å². The summed E-state index contributed by atoms with van der Waals surface area (Å²) >= 11 is 12.4. The van der Waals surface area contributed by atoms with Crippen molar-refractivity contribution in [2.24, 2.45) is 12.0 Å². The molecule has 24 heavy (non-hydrogen) atoms. The summed E-state index contributed by atoms with van der Waals surface area (Å²) in [6.07, 6.45) is 1.76. The largest absolute Gasteiger partial charge is 0.369 e. The molecule has 0 bridgehead atoms. The van der Waals surface area contributed by atoms with Gasteiger partial charge in [-0.1, -0.05) is 41.4 Å². The zero-order valence-corrected chi connectivity index (χ0v) is 15.8. The van der Waals surface area contributed by atoms with Crippen molar-refractivity contribution < 1.29 is 0 Å². The lowest BCUT2D eigenvalue weighted by Gasteiger charge is -2.06. The van der Waals surface area contributed by atoms with Gasteiger partial charge in [0.05, 0.1) is 6.34 Å². The third-order valence-electron chi connectivity index (χ3n) is 3.47. The van der Waals surface area contributed by atoms with Crippen LogP contribution in [-0.2, 0) is 7.05 Å². The van der Waals surface area contributed by atoms with Gasteiger partial charge in [-0.05, 0) is 18.2 Å². The molecular weight excluding hydrogens is 367 g/mol. The van der Waals surface area contributed by atoms with Gasteiger partial charge in [0.25, 0.3) is 0 Å². The van der Waals surface area contributed by atoms with Crippen LogP contribution in [-0.4, -0.2) is 35.1 Å². The summed E-state index contributed by atoms with van der Waals surface area (Å²) in [6.45, 7) is 0. The van der Waals surface area contributed by atoms with E-state index in [1.54, 1.807) is 17.1 Å². The Hall–Kier alpha value is -1.75. The molecule has 3 rings (SSSR count). The maximum Gasteiger partial charge on any atom is 0.159 e. The molecular formula is C17H17Cl3N4. The summed E-state index contributed by atoms with van der Waals surface area (Å²) in [5.74, 6) is 0.806. The molecule has 0 spiro atoms. The molecule has 126 valence electrons. The molecule has 0 aliphatic heterocycles. The molecule has 4 nitrogen and oxygen atoms in total. The van der Waals surface area contributed by atoms with Crippen LogP contribution < -0.4 is 0 Å². The first-order chi connectivity index (χ1) is 11.0. The Morgan fingerprint density at radius 2 is 1.88 bits per heavy atom. The summed E-state index contributed by atoms with van der Waals surface area (Å²) in [5.41, 5.74) is 2.74. The van der Waals surface area contributed by atoms with Crippen LogP contribution in [0, 0.1) is 0 Å². The number of aliphatic imine (C=N–C) groups is 1. The lowest BCUT2D eigenvalue weighted by atomic mass is 10.0. The van der Waals surface area contributed by atoms with Gasteiger partial charge >= 0.3 is 0 Å². The molecule has 1 heterocycles. The fourth-order valence-corrected chi connectivity index (χ4v) is 2.96. The van der Waals surface area contributed by atoms with Crippen molar-refractivity contribution >= 4 is 58.7 Å². The number of fused-ring (bicyclic) bond motifs is 1. The van der Waals surface area contributed by atoms with Crippen LogP contribution in [0.2, 0.25) is 10.0 Å². The number of aryl methyl sites for hydroxylation is 1. The van der Waals surface area contributed by atoms with E-state index in [4.69, 9.17) is 23.2 Å². The predicted octanol–water partition coefficient (Wildman–Crippen LogP) is 5.19. The maximum atomic E-state index is 6.36. The minimum atomic E-state index is 0. The van der Waals surface area contributed by atoms with Crippen molar-refractivity contribution in [3.8, 4) is 11.1 Å². The number of benzene rings is 2. The van der Waals surface area contributed by atoms with Crippen molar-refractivity contribution in [3.05, 3.63) is 46.4 Å². The summed E-state index contributed by atoms with van der Waals surface area (Å²) in [4.78, 5) is 6.40. The second-order valence-electron chi connectivity index (χ2n) is 5.48. The van der Waals surface area contributed by atoms with Gasteiger partial charge in [0.15, 0.2) is 5.82 Å². The first kappa shape index (κ1) is 18.6. The predicted molar refractivity (Wildman–Crippen MR) is 105 cm³/mol. The highest BCUT2D eigenvalue weighted by Crippen LogP contribution is 2.37. The van der Waals surface area contributed by atoms with Gasteiger partial charge in [-0.2, -0.15) is 5.10 Å². The van der Waals surface area contributed by atoms with E-state index in [2.05, 4.69) is 10.1 Å². The van der Waals surface area contributed by atoms with E-state index in [0.717, 1.165) is 27.8 Å². The van der Waals surface area contributed by atoms with Crippen LogP contribution in [0.3, 0.4) is 0 Å². The lowest BCUT2D eigenvalue weighted by Crippen LogP contribution is -2.07. The first-order valence-corrected chi connectivity index (χ1v) is 7.84. The van der Waals surface area contributed by atoms with Crippen molar-refractivity contribution in [3.63, 3.8) is 0 Å². The molecule has 3 aromatic rings. The Bertz CT molecular complexity index is 900. The Morgan fingerprint density at radius 3 is 2.54 bits per heavy atom. The summed E-state index contributed by atoms with van der Waals surface area (Å²) < 4.78 is 1.78. The number of nitrogens with zero attached hydrogens (tertiary/aromatic N) is 4. The zero-order chi connectivity index (χ0) is 16.6. The molecule has 0 amide bonds. The minimum Gasteiger partial charge on any atom is -0.369 e. The SMILES string of the molecule is CN(C)/C=N\c1c2cccc(-c3ccc(Cl)cc3Cl)c2nn1C.Cl. The fourth-order valence-electron chi connectivity index (χ4n) is 2.45. The Morgan fingerprint density at radius 1 is 1.12 bits per heavy atom. The molecule has 0 unspecified atom stereocenters. The monoisotopic (exact) mass is 382 g/mol. The van der Waals surface area contributed by atoms with Gasteiger partial charge in [-0.15, -0.1) is 12.4 Å². The highest BCUT2D eigenvalue weighted by molar-refractivity contribution is 6.36. The van der Waals surface area contributed by atoms with Gasteiger partial charge in [-0.3, -0.25) is 0 Å². The Balaban J connectivity index is 0.00000208. The van der Waals surface area contributed by atoms with Crippen molar-refractivity contribution in [1.82, 2.24) is 14.7 Å². The van der Waals surface area contributed by atoms with Crippen LogP contribution >= 0.6 is 35.6 Å². The van der Waals surface area contributed by atoms with E-state index in [-0.39, 0.29) is 12.4 Å². The smallest absolute Gasteiger partial charge is 0.159 e. The molecule has 2 aromatic carbocycles. The van der Waals surface area contributed by atoms with Crippen molar-refractivity contribution in [2.45, 2.75) is 0 Å². The molecule has 1 aromatic heterocycles. The highest BCUT2D eigenvalue weighted by Gasteiger charge is 2.14. The summed E-state index contributed by atoms with van der Waals surface area (Å²) in [7, 11) is 5.75. The third-order valence-corrected chi connectivity index (χ3v) is 4.01. The number of aromatic nitrogens is 2. The maximum absolute atomic E-state index is 6.36. The quantitative estimate of drug-likeness (QED) is 0.460. The molecule has 7 heteroatoms. The molecule has 0 fully saturated rings. The van der Waals surface area contributed by atoms with E-state index >= 15 is 0 Å². The van der Waals surface area contributed by atoms with Crippen LogP contribution in [0.1, 0.15) is 0 Å². The van der Waals surface area contributed by atoms with E-state index < -0.39 is 0 Å².